The number of nitrogen functional groups attached to an aromatic ring is 1. The van der Waals surface area contributed by atoms with Gasteiger partial charge in [-0.2, -0.15) is 0 Å². The van der Waals surface area contributed by atoms with Crippen molar-refractivity contribution in [3.05, 3.63) is 29.8 Å². The fourth-order valence-electron chi connectivity index (χ4n) is 1.20. The van der Waals surface area contributed by atoms with Crippen LogP contribution in [0.3, 0.4) is 0 Å². The minimum Gasteiger partial charge on any atom is -0.481 e. The van der Waals surface area contributed by atoms with Gasteiger partial charge in [0.2, 0.25) is 0 Å². The van der Waals surface area contributed by atoms with E-state index in [4.69, 9.17) is 10.8 Å². The number of rotatable bonds is 4. The zero-order chi connectivity index (χ0) is 11.4. The van der Waals surface area contributed by atoms with Gasteiger partial charge in [0.1, 0.15) is 0 Å². The first-order valence-electron chi connectivity index (χ1n) is 4.62. The largest absolute Gasteiger partial charge is 0.481 e. The van der Waals surface area contributed by atoms with Crippen molar-refractivity contribution in [3.8, 4) is 0 Å². The van der Waals surface area contributed by atoms with E-state index in [9.17, 15) is 9.59 Å². The number of Topliss-reactive ketones (excluding diaryl/α,β-unsaturated/α-hetero) is 1. The van der Waals surface area contributed by atoms with Gasteiger partial charge in [-0.1, -0.05) is 19.1 Å². The van der Waals surface area contributed by atoms with E-state index in [-0.39, 0.29) is 12.2 Å². The number of carboxylic acids is 1. The second-order valence-electron chi connectivity index (χ2n) is 3.49. The summed E-state index contributed by atoms with van der Waals surface area (Å²) in [7, 11) is 0. The number of nitrogens with two attached hydrogens (primary N) is 1. The maximum absolute atomic E-state index is 11.6. The molecule has 0 unspecified atom stereocenters. The van der Waals surface area contributed by atoms with E-state index in [1.54, 1.807) is 24.3 Å². The van der Waals surface area contributed by atoms with E-state index in [2.05, 4.69) is 0 Å². The molecule has 1 atom stereocenters. The molecule has 0 fully saturated rings. The SMILES string of the molecule is C[C@H](CC(=O)c1cccc(N)c1)C(=O)O. The molecule has 1 rings (SSSR count). The van der Waals surface area contributed by atoms with Crippen LogP contribution < -0.4 is 5.73 Å². The molecule has 0 spiro atoms. The molecule has 15 heavy (non-hydrogen) atoms. The Morgan fingerprint density at radius 2 is 2.13 bits per heavy atom. The molecule has 0 radical (unpaired) electrons. The van der Waals surface area contributed by atoms with Gasteiger partial charge >= 0.3 is 5.97 Å². The van der Waals surface area contributed by atoms with E-state index < -0.39 is 11.9 Å². The molecular weight excluding hydrogens is 194 g/mol. The molecule has 0 aliphatic carbocycles. The molecule has 1 aromatic carbocycles. The Labute approximate surface area is 87.7 Å². The van der Waals surface area contributed by atoms with Crippen LogP contribution in [-0.2, 0) is 4.79 Å². The number of carbonyl (C=O) groups is 2. The van der Waals surface area contributed by atoms with E-state index in [1.165, 1.54) is 6.92 Å². The normalized spacial score (nSPS) is 12.1. The van der Waals surface area contributed by atoms with Crippen LogP contribution in [0.25, 0.3) is 0 Å². The van der Waals surface area contributed by atoms with Crippen LogP contribution in [0.1, 0.15) is 23.7 Å². The standard InChI is InChI=1S/C11H13NO3/c1-7(11(14)15)5-10(13)8-3-2-4-9(12)6-8/h2-4,6-7H,5,12H2,1H3,(H,14,15)/t7-/m1/s1. The minimum atomic E-state index is -0.966. The molecule has 4 heteroatoms. The number of anilines is 1. The third kappa shape index (κ3) is 3.09. The fraction of sp³-hybridized carbons (Fsp3) is 0.273. The van der Waals surface area contributed by atoms with Crippen molar-refractivity contribution in [2.45, 2.75) is 13.3 Å². The highest BCUT2D eigenvalue weighted by Gasteiger charge is 2.16. The second-order valence-corrected chi connectivity index (χ2v) is 3.49. The Morgan fingerprint density at radius 3 is 2.67 bits per heavy atom. The Morgan fingerprint density at radius 1 is 1.47 bits per heavy atom. The average Bonchev–Trinajstić information content (AvgIpc) is 2.17. The van der Waals surface area contributed by atoms with Crippen LogP contribution in [0, 0.1) is 5.92 Å². The molecule has 0 amide bonds. The van der Waals surface area contributed by atoms with Crippen molar-refractivity contribution in [1.29, 1.82) is 0 Å². The number of aliphatic carboxylic acids is 1. The lowest BCUT2D eigenvalue weighted by Gasteiger charge is -2.05. The van der Waals surface area contributed by atoms with Gasteiger partial charge in [-0.05, 0) is 12.1 Å². The first kappa shape index (κ1) is 11.2. The molecule has 0 bridgehead atoms. The summed E-state index contributed by atoms with van der Waals surface area (Å²) < 4.78 is 0. The Balaban J connectivity index is 2.73. The Kier molecular flexibility index (Phi) is 3.44. The van der Waals surface area contributed by atoms with Gasteiger partial charge < -0.3 is 10.8 Å². The molecule has 1 aromatic rings. The summed E-state index contributed by atoms with van der Waals surface area (Å²) in [4.78, 5) is 22.1. The predicted octanol–water partition coefficient (Wildman–Crippen LogP) is 1.56. The fourth-order valence-corrected chi connectivity index (χ4v) is 1.20. The summed E-state index contributed by atoms with van der Waals surface area (Å²) in [5, 5.41) is 8.66. The van der Waals surface area contributed by atoms with Crippen LogP contribution in [0.5, 0.6) is 0 Å². The molecule has 0 aliphatic heterocycles. The van der Waals surface area contributed by atoms with Crippen molar-refractivity contribution in [2.24, 2.45) is 5.92 Å². The molecule has 0 aromatic heterocycles. The van der Waals surface area contributed by atoms with Crippen LogP contribution in [0.15, 0.2) is 24.3 Å². The summed E-state index contributed by atoms with van der Waals surface area (Å²) >= 11 is 0. The van der Waals surface area contributed by atoms with Crippen LogP contribution in [0.2, 0.25) is 0 Å². The quantitative estimate of drug-likeness (QED) is 0.580. The highest BCUT2D eigenvalue weighted by Crippen LogP contribution is 2.12. The van der Waals surface area contributed by atoms with Crippen LogP contribution in [0.4, 0.5) is 5.69 Å². The summed E-state index contributed by atoms with van der Waals surface area (Å²) in [6.45, 7) is 1.51. The maximum atomic E-state index is 11.6. The number of benzene rings is 1. The molecule has 0 heterocycles. The monoisotopic (exact) mass is 207 g/mol. The van der Waals surface area contributed by atoms with E-state index in [1.807, 2.05) is 0 Å². The summed E-state index contributed by atoms with van der Waals surface area (Å²) in [5.41, 5.74) is 6.48. The molecule has 80 valence electrons. The Bertz CT molecular complexity index is 387. The number of hydrogen-bond acceptors (Lipinski definition) is 3. The Hall–Kier alpha value is -1.84. The molecule has 3 N–H and O–H groups in total. The number of carbonyl (C=O) groups excluding carboxylic acids is 1. The van der Waals surface area contributed by atoms with E-state index in [0.717, 1.165) is 0 Å². The minimum absolute atomic E-state index is 0.00120. The molecular formula is C11H13NO3. The van der Waals surface area contributed by atoms with Gasteiger partial charge in [-0.25, -0.2) is 0 Å². The van der Waals surface area contributed by atoms with Crippen molar-refractivity contribution in [2.75, 3.05) is 5.73 Å². The van der Waals surface area contributed by atoms with Crippen molar-refractivity contribution >= 4 is 17.4 Å². The summed E-state index contributed by atoms with van der Waals surface area (Å²) in [6.07, 6.45) is -0.00120. The third-order valence-electron chi connectivity index (χ3n) is 2.12. The summed E-state index contributed by atoms with van der Waals surface area (Å²) in [6, 6.07) is 6.54. The first-order valence-corrected chi connectivity index (χ1v) is 4.62. The number of hydrogen-bond donors (Lipinski definition) is 2. The summed E-state index contributed by atoms with van der Waals surface area (Å²) in [5.74, 6) is -1.83. The van der Waals surface area contributed by atoms with Gasteiger partial charge in [0.05, 0.1) is 5.92 Å². The van der Waals surface area contributed by atoms with Crippen LogP contribution in [-0.4, -0.2) is 16.9 Å². The molecule has 4 nitrogen and oxygen atoms in total. The van der Waals surface area contributed by atoms with Crippen molar-refractivity contribution in [3.63, 3.8) is 0 Å². The van der Waals surface area contributed by atoms with Gasteiger partial charge in [0.15, 0.2) is 5.78 Å². The number of carboxylic acid groups (broad SMARTS) is 1. The highest BCUT2D eigenvalue weighted by molar-refractivity contribution is 5.98. The van der Waals surface area contributed by atoms with Crippen molar-refractivity contribution < 1.29 is 14.7 Å². The zero-order valence-corrected chi connectivity index (χ0v) is 8.43. The van der Waals surface area contributed by atoms with Crippen LogP contribution >= 0.6 is 0 Å². The zero-order valence-electron chi connectivity index (χ0n) is 8.43. The lowest BCUT2D eigenvalue weighted by Crippen LogP contribution is -2.14. The van der Waals surface area contributed by atoms with Gasteiger partial charge in [-0.3, -0.25) is 9.59 Å². The lowest BCUT2D eigenvalue weighted by atomic mass is 10.00. The molecule has 0 saturated carbocycles. The van der Waals surface area contributed by atoms with Gasteiger partial charge in [0, 0.05) is 17.7 Å². The maximum Gasteiger partial charge on any atom is 0.306 e. The smallest absolute Gasteiger partial charge is 0.306 e. The first-order chi connectivity index (χ1) is 7.00. The van der Waals surface area contributed by atoms with Crippen molar-refractivity contribution in [1.82, 2.24) is 0 Å². The molecule has 0 aliphatic rings. The van der Waals surface area contributed by atoms with Gasteiger partial charge in [0.25, 0.3) is 0 Å². The van der Waals surface area contributed by atoms with Gasteiger partial charge in [-0.15, -0.1) is 0 Å². The average molecular weight is 207 g/mol. The lowest BCUT2D eigenvalue weighted by molar-refractivity contribution is -0.141. The third-order valence-corrected chi connectivity index (χ3v) is 2.12. The van der Waals surface area contributed by atoms with E-state index >= 15 is 0 Å². The highest BCUT2D eigenvalue weighted by atomic mass is 16.4. The topological polar surface area (TPSA) is 80.4 Å². The predicted molar refractivity (Wildman–Crippen MR) is 56.6 cm³/mol. The number of ketones is 1. The molecule has 0 saturated heterocycles. The van der Waals surface area contributed by atoms with E-state index in [0.29, 0.717) is 11.3 Å². The second kappa shape index (κ2) is 4.59.